The van der Waals surface area contributed by atoms with Gasteiger partial charge in [0.05, 0.1) is 11.8 Å². The molecule has 0 saturated heterocycles. The highest BCUT2D eigenvalue weighted by atomic mass is 16.7. The molecule has 0 amide bonds. The van der Waals surface area contributed by atoms with E-state index in [2.05, 4.69) is 0 Å². The molecule has 1 aromatic carbocycles. The number of benzene rings is 1. The lowest BCUT2D eigenvalue weighted by Crippen LogP contribution is -2.24. The average Bonchev–Trinajstić information content (AvgIpc) is 2.58. The molecule has 0 atom stereocenters. The van der Waals surface area contributed by atoms with Crippen LogP contribution < -0.4 is 19.9 Å². The van der Waals surface area contributed by atoms with Crippen molar-refractivity contribution in [2.75, 3.05) is 12.5 Å². The molecule has 1 saturated carbocycles. The molecule has 4 nitrogen and oxygen atoms in total. The maximum absolute atomic E-state index is 5.86. The molecule has 1 aliphatic carbocycles. The zero-order valence-electron chi connectivity index (χ0n) is 8.36. The van der Waals surface area contributed by atoms with Gasteiger partial charge in [-0.2, -0.15) is 0 Å². The number of ether oxygens (including phenoxy) is 3. The van der Waals surface area contributed by atoms with Crippen molar-refractivity contribution < 1.29 is 14.2 Å². The van der Waals surface area contributed by atoms with Gasteiger partial charge in [-0.25, -0.2) is 0 Å². The van der Waals surface area contributed by atoms with Gasteiger partial charge in [0.1, 0.15) is 5.75 Å². The Balaban J connectivity index is 1.86. The second kappa shape index (κ2) is 3.22. The van der Waals surface area contributed by atoms with Crippen LogP contribution in [-0.4, -0.2) is 12.9 Å². The third-order valence-electron chi connectivity index (χ3n) is 2.85. The van der Waals surface area contributed by atoms with Crippen molar-refractivity contribution in [1.82, 2.24) is 0 Å². The Morgan fingerprint density at radius 2 is 1.93 bits per heavy atom. The molecular weight excluding hydrogens is 194 g/mol. The Hall–Kier alpha value is -1.58. The first-order chi connectivity index (χ1) is 7.33. The summed E-state index contributed by atoms with van der Waals surface area (Å²) in [6.45, 7) is 0.266. The first-order valence-corrected chi connectivity index (χ1v) is 5.19. The van der Waals surface area contributed by atoms with Crippen molar-refractivity contribution in [3.8, 4) is 17.2 Å². The molecule has 1 fully saturated rings. The zero-order valence-corrected chi connectivity index (χ0v) is 8.36. The highest BCUT2D eigenvalue weighted by molar-refractivity contribution is 5.62. The molecule has 0 spiro atoms. The van der Waals surface area contributed by atoms with Crippen molar-refractivity contribution in [3.63, 3.8) is 0 Å². The van der Waals surface area contributed by atoms with Gasteiger partial charge in [-0.15, -0.1) is 0 Å². The average molecular weight is 207 g/mol. The standard InChI is InChI=1S/C11H13NO3/c12-8-4-10-11(14-6-13-10)5-9(8)15-7-2-1-3-7/h4-5,7H,1-3,6,12H2. The van der Waals surface area contributed by atoms with Crippen LogP contribution in [0.15, 0.2) is 12.1 Å². The quantitative estimate of drug-likeness (QED) is 0.753. The normalized spacial score (nSPS) is 18.7. The van der Waals surface area contributed by atoms with E-state index in [1.165, 1.54) is 6.42 Å². The van der Waals surface area contributed by atoms with E-state index in [1.807, 2.05) is 6.07 Å². The van der Waals surface area contributed by atoms with Gasteiger partial charge >= 0.3 is 0 Å². The lowest BCUT2D eigenvalue weighted by molar-refractivity contribution is 0.121. The smallest absolute Gasteiger partial charge is 0.231 e. The molecular formula is C11H13NO3. The summed E-state index contributed by atoms with van der Waals surface area (Å²) in [5.74, 6) is 2.14. The molecule has 1 aromatic rings. The van der Waals surface area contributed by atoms with Crippen LogP contribution >= 0.6 is 0 Å². The topological polar surface area (TPSA) is 53.7 Å². The van der Waals surface area contributed by atoms with Crippen LogP contribution in [0.5, 0.6) is 17.2 Å². The van der Waals surface area contributed by atoms with Crippen molar-refractivity contribution in [2.24, 2.45) is 0 Å². The molecule has 0 unspecified atom stereocenters. The van der Waals surface area contributed by atoms with E-state index in [9.17, 15) is 0 Å². The fourth-order valence-corrected chi connectivity index (χ4v) is 1.71. The van der Waals surface area contributed by atoms with Gasteiger partial charge < -0.3 is 19.9 Å². The van der Waals surface area contributed by atoms with Crippen LogP contribution in [0.4, 0.5) is 5.69 Å². The summed E-state index contributed by atoms with van der Waals surface area (Å²) in [6, 6.07) is 3.58. The van der Waals surface area contributed by atoms with E-state index in [0.29, 0.717) is 23.3 Å². The monoisotopic (exact) mass is 207 g/mol. The van der Waals surface area contributed by atoms with Crippen LogP contribution in [0.1, 0.15) is 19.3 Å². The minimum Gasteiger partial charge on any atom is -0.488 e. The first-order valence-electron chi connectivity index (χ1n) is 5.19. The van der Waals surface area contributed by atoms with E-state index in [4.69, 9.17) is 19.9 Å². The third-order valence-corrected chi connectivity index (χ3v) is 2.85. The van der Waals surface area contributed by atoms with Crippen LogP contribution in [-0.2, 0) is 0 Å². The fraction of sp³-hybridized carbons (Fsp3) is 0.455. The van der Waals surface area contributed by atoms with E-state index in [-0.39, 0.29) is 6.79 Å². The highest BCUT2D eigenvalue weighted by Crippen LogP contribution is 2.40. The number of hydrogen-bond acceptors (Lipinski definition) is 4. The van der Waals surface area contributed by atoms with Gasteiger partial charge in [0, 0.05) is 12.1 Å². The Labute approximate surface area is 87.9 Å². The van der Waals surface area contributed by atoms with Crippen LogP contribution in [0.25, 0.3) is 0 Å². The van der Waals surface area contributed by atoms with Crippen molar-refractivity contribution in [3.05, 3.63) is 12.1 Å². The zero-order chi connectivity index (χ0) is 10.3. The summed E-state index contributed by atoms with van der Waals surface area (Å²) >= 11 is 0. The van der Waals surface area contributed by atoms with Gasteiger partial charge in [0.2, 0.25) is 6.79 Å². The van der Waals surface area contributed by atoms with Gasteiger partial charge in [-0.3, -0.25) is 0 Å². The number of fused-ring (bicyclic) bond motifs is 1. The number of nitrogens with two attached hydrogens (primary N) is 1. The SMILES string of the molecule is Nc1cc2c(cc1OC1CCC1)OCO2. The van der Waals surface area contributed by atoms with Crippen molar-refractivity contribution >= 4 is 5.69 Å². The number of rotatable bonds is 2. The van der Waals surface area contributed by atoms with Crippen LogP contribution in [0, 0.1) is 0 Å². The van der Waals surface area contributed by atoms with Gasteiger partial charge in [0.25, 0.3) is 0 Å². The molecule has 3 rings (SSSR count). The van der Waals surface area contributed by atoms with Gasteiger partial charge in [-0.05, 0) is 19.3 Å². The Kier molecular flexibility index (Phi) is 1.87. The minimum atomic E-state index is 0.266. The molecule has 15 heavy (non-hydrogen) atoms. The van der Waals surface area contributed by atoms with Crippen LogP contribution in [0.2, 0.25) is 0 Å². The summed E-state index contributed by atoms with van der Waals surface area (Å²) in [5, 5.41) is 0. The largest absolute Gasteiger partial charge is 0.488 e. The van der Waals surface area contributed by atoms with Gasteiger partial charge in [-0.1, -0.05) is 0 Å². The predicted octanol–water partition coefficient (Wildman–Crippen LogP) is 1.93. The molecule has 1 heterocycles. The number of hydrogen-bond donors (Lipinski definition) is 1. The summed E-state index contributed by atoms with van der Waals surface area (Å²) in [4.78, 5) is 0. The maximum Gasteiger partial charge on any atom is 0.231 e. The summed E-state index contributed by atoms with van der Waals surface area (Å²) in [6.07, 6.45) is 3.81. The third kappa shape index (κ3) is 1.46. The second-order valence-electron chi connectivity index (χ2n) is 3.91. The Morgan fingerprint density at radius 1 is 1.20 bits per heavy atom. The van der Waals surface area contributed by atoms with E-state index < -0.39 is 0 Å². The van der Waals surface area contributed by atoms with Gasteiger partial charge in [0.15, 0.2) is 11.5 Å². The highest BCUT2D eigenvalue weighted by Gasteiger charge is 2.22. The molecule has 0 bridgehead atoms. The van der Waals surface area contributed by atoms with Crippen molar-refractivity contribution in [1.29, 1.82) is 0 Å². The maximum atomic E-state index is 5.86. The summed E-state index contributed by atoms with van der Waals surface area (Å²) in [7, 11) is 0. The molecule has 4 heteroatoms. The Morgan fingerprint density at radius 3 is 2.60 bits per heavy atom. The minimum absolute atomic E-state index is 0.266. The first kappa shape index (κ1) is 8.71. The number of anilines is 1. The van der Waals surface area contributed by atoms with E-state index >= 15 is 0 Å². The second-order valence-corrected chi connectivity index (χ2v) is 3.91. The van der Waals surface area contributed by atoms with Crippen molar-refractivity contribution in [2.45, 2.75) is 25.4 Å². The summed E-state index contributed by atoms with van der Waals surface area (Å²) < 4.78 is 16.2. The summed E-state index contributed by atoms with van der Waals surface area (Å²) in [5.41, 5.74) is 6.48. The predicted molar refractivity (Wildman–Crippen MR) is 55.2 cm³/mol. The van der Waals surface area contributed by atoms with Crippen LogP contribution in [0.3, 0.4) is 0 Å². The molecule has 2 aliphatic rings. The molecule has 0 radical (unpaired) electrons. The number of nitrogen functional groups attached to an aromatic ring is 1. The lowest BCUT2D eigenvalue weighted by atomic mass is 9.96. The Bertz CT molecular complexity index is 388. The van der Waals surface area contributed by atoms with E-state index in [0.717, 1.165) is 18.6 Å². The molecule has 1 aliphatic heterocycles. The molecule has 80 valence electrons. The molecule has 2 N–H and O–H groups in total. The lowest BCUT2D eigenvalue weighted by Gasteiger charge is -2.27. The fourth-order valence-electron chi connectivity index (χ4n) is 1.71. The van der Waals surface area contributed by atoms with E-state index in [1.54, 1.807) is 6.07 Å². The molecule has 0 aromatic heterocycles.